The van der Waals surface area contributed by atoms with Gasteiger partial charge in [-0.05, 0) is 0 Å². The average molecular weight is 339 g/mol. The summed E-state index contributed by atoms with van der Waals surface area (Å²) in [5.41, 5.74) is 0. The number of carbonyl (C=O) groups excluding carboxylic acids is 1. The topological polar surface area (TPSA) is 59.7 Å². The first kappa shape index (κ1) is 14.9. The summed E-state index contributed by atoms with van der Waals surface area (Å²) in [4.78, 5) is 11.5. The summed E-state index contributed by atoms with van der Waals surface area (Å²) in [5.74, 6) is 0.00103. The van der Waals surface area contributed by atoms with E-state index in [9.17, 15) is 9.90 Å². The maximum absolute atomic E-state index is 12.1. The zero-order chi connectivity index (χ0) is 14.4. The zero-order valence-electron chi connectivity index (χ0n) is 11.1. The second-order valence-electron chi connectivity index (χ2n) is 4.06. The molecule has 0 radical (unpaired) electrons. The summed E-state index contributed by atoms with van der Waals surface area (Å²) in [5, 5.41) is 10.3. The molecule has 1 heterocycles. The Morgan fingerprint density at radius 3 is 2.65 bits per heavy atom. The van der Waals surface area contributed by atoms with E-state index in [2.05, 4.69) is 0 Å². The standard InChI is InChI=1S/C15H16O4Se/c1-2-18-15(17)14(13(16)12-9-6-10-19-12)20-11-7-4-3-5-8-11/h3-10,13-14,16H,2H2,1H3/t13-,14-/m0/s1. The Kier molecular flexibility index (Phi) is 5.41. The molecule has 0 fully saturated rings. The number of esters is 1. The summed E-state index contributed by atoms with van der Waals surface area (Å²) in [6, 6.07) is 13.0. The van der Waals surface area contributed by atoms with Crippen molar-refractivity contribution in [2.75, 3.05) is 6.61 Å². The molecule has 0 saturated heterocycles. The summed E-state index contributed by atoms with van der Waals surface area (Å²) < 4.78 is 11.3. The van der Waals surface area contributed by atoms with E-state index in [1.54, 1.807) is 19.1 Å². The molecule has 0 amide bonds. The number of rotatable bonds is 6. The number of hydrogen-bond donors (Lipinski definition) is 1. The van der Waals surface area contributed by atoms with Crippen molar-refractivity contribution in [3.8, 4) is 0 Å². The van der Waals surface area contributed by atoms with Crippen LogP contribution in [0.3, 0.4) is 0 Å². The molecule has 2 aromatic rings. The van der Waals surface area contributed by atoms with E-state index in [1.807, 2.05) is 30.3 Å². The molecule has 0 unspecified atom stereocenters. The van der Waals surface area contributed by atoms with Gasteiger partial charge < -0.3 is 0 Å². The minimum atomic E-state index is -0.982. The van der Waals surface area contributed by atoms with Crippen LogP contribution in [0.15, 0.2) is 53.1 Å². The molecule has 4 nitrogen and oxygen atoms in total. The Morgan fingerprint density at radius 2 is 2.05 bits per heavy atom. The van der Waals surface area contributed by atoms with Gasteiger partial charge in [-0.1, -0.05) is 0 Å². The summed E-state index contributed by atoms with van der Waals surface area (Å²) in [7, 11) is 0. The quantitative estimate of drug-likeness (QED) is 0.643. The van der Waals surface area contributed by atoms with Gasteiger partial charge in [0.1, 0.15) is 0 Å². The van der Waals surface area contributed by atoms with Gasteiger partial charge in [0.2, 0.25) is 0 Å². The molecule has 1 aromatic heterocycles. The van der Waals surface area contributed by atoms with Crippen LogP contribution in [0.1, 0.15) is 18.8 Å². The molecular weight excluding hydrogens is 323 g/mol. The van der Waals surface area contributed by atoms with E-state index in [4.69, 9.17) is 9.15 Å². The van der Waals surface area contributed by atoms with Crippen LogP contribution in [-0.2, 0) is 9.53 Å². The van der Waals surface area contributed by atoms with E-state index < -0.39 is 10.9 Å². The van der Waals surface area contributed by atoms with Crippen molar-refractivity contribution in [3.05, 3.63) is 54.5 Å². The van der Waals surface area contributed by atoms with E-state index in [0.29, 0.717) is 12.4 Å². The van der Waals surface area contributed by atoms with Crippen LogP contribution < -0.4 is 4.46 Å². The van der Waals surface area contributed by atoms with Crippen molar-refractivity contribution in [2.24, 2.45) is 0 Å². The minimum absolute atomic E-state index is 0.236. The monoisotopic (exact) mass is 340 g/mol. The molecule has 5 heteroatoms. The Bertz CT molecular complexity index is 524. The van der Waals surface area contributed by atoms with Crippen molar-refractivity contribution >= 4 is 25.4 Å². The van der Waals surface area contributed by atoms with Crippen molar-refractivity contribution in [1.82, 2.24) is 0 Å². The van der Waals surface area contributed by atoms with Crippen LogP contribution in [0.25, 0.3) is 0 Å². The Hall–Kier alpha value is -1.55. The Labute approximate surface area is 123 Å². The van der Waals surface area contributed by atoms with E-state index in [0.717, 1.165) is 4.46 Å². The summed E-state index contributed by atoms with van der Waals surface area (Å²) >= 11 is -0.236. The van der Waals surface area contributed by atoms with Crippen LogP contribution in [0.2, 0.25) is 4.82 Å². The third kappa shape index (κ3) is 3.73. The molecule has 0 aliphatic heterocycles. The van der Waals surface area contributed by atoms with E-state index in [-0.39, 0.29) is 20.9 Å². The molecule has 0 bridgehead atoms. The number of furan rings is 1. The molecule has 20 heavy (non-hydrogen) atoms. The predicted molar refractivity (Wildman–Crippen MR) is 75.9 cm³/mol. The first-order valence-corrected chi connectivity index (χ1v) is 8.16. The third-order valence-corrected chi connectivity index (χ3v) is 5.27. The number of benzene rings is 1. The Morgan fingerprint density at radius 1 is 1.30 bits per heavy atom. The van der Waals surface area contributed by atoms with Gasteiger partial charge in [0, 0.05) is 0 Å². The number of carbonyl (C=O) groups is 1. The van der Waals surface area contributed by atoms with Gasteiger partial charge in [0.25, 0.3) is 0 Å². The van der Waals surface area contributed by atoms with Gasteiger partial charge in [0.15, 0.2) is 0 Å². The molecular formula is C15H16O4Se. The molecule has 0 spiro atoms. The average Bonchev–Trinajstić information content (AvgIpc) is 2.99. The van der Waals surface area contributed by atoms with Crippen LogP contribution in [0.4, 0.5) is 0 Å². The molecule has 106 valence electrons. The fourth-order valence-electron chi connectivity index (χ4n) is 1.72. The first-order valence-electron chi connectivity index (χ1n) is 6.32. The molecule has 0 saturated carbocycles. The van der Waals surface area contributed by atoms with Crippen molar-refractivity contribution in [3.63, 3.8) is 0 Å². The zero-order valence-corrected chi connectivity index (χ0v) is 12.8. The van der Waals surface area contributed by atoms with Crippen LogP contribution in [-0.4, -0.2) is 32.6 Å². The van der Waals surface area contributed by atoms with Gasteiger partial charge >= 0.3 is 123 Å². The second-order valence-corrected chi connectivity index (χ2v) is 6.61. The van der Waals surface area contributed by atoms with E-state index >= 15 is 0 Å². The summed E-state index contributed by atoms with van der Waals surface area (Å²) in [6.45, 7) is 2.05. The number of aliphatic hydroxyl groups is 1. The van der Waals surface area contributed by atoms with Gasteiger partial charge in [0.05, 0.1) is 0 Å². The van der Waals surface area contributed by atoms with Crippen molar-refractivity contribution < 1.29 is 19.1 Å². The fourth-order valence-corrected chi connectivity index (χ4v) is 3.89. The van der Waals surface area contributed by atoms with Crippen molar-refractivity contribution in [2.45, 2.75) is 17.8 Å². The molecule has 1 N–H and O–H groups in total. The number of ether oxygens (including phenoxy) is 1. The molecule has 0 aliphatic rings. The van der Waals surface area contributed by atoms with Crippen molar-refractivity contribution in [1.29, 1.82) is 0 Å². The molecule has 1 aromatic carbocycles. The number of hydrogen-bond acceptors (Lipinski definition) is 4. The van der Waals surface area contributed by atoms with Crippen LogP contribution in [0.5, 0.6) is 0 Å². The fraction of sp³-hybridized carbons (Fsp3) is 0.267. The first-order chi connectivity index (χ1) is 9.72. The van der Waals surface area contributed by atoms with Gasteiger partial charge in [-0.3, -0.25) is 0 Å². The van der Waals surface area contributed by atoms with Gasteiger partial charge in [-0.2, -0.15) is 0 Å². The van der Waals surface area contributed by atoms with Gasteiger partial charge in [-0.25, -0.2) is 0 Å². The third-order valence-electron chi connectivity index (χ3n) is 2.65. The van der Waals surface area contributed by atoms with Crippen LogP contribution >= 0.6 is 0 Å². The maximum atomic E-state index is 12.1. The second kappa shape index (κ2) is 7.29. The summed E-state index contributed by atoms with van der Waals surface area (Å²) in [6.07, 6.45) is 0.500. The SMILES string of the molecule is CCOC(=O)[C@@H]([Se]c1ccccc1)[C@@H](O)c1ccco1. The normalized spacial score (nSPS) is 13.7. The number of aliphatic hydroxyl groups excluding tert-OH is 1. The molecule has 2 atom stereocenters. The molecule has 2 rings (SSSR count). The van der Waals surface area contributed by atoms with Gasteiger partial charge in [-0.15, -0.1) is 0 Å². The van der Waals surface area contributed by atoms with Crippen LogP contribution in [0, 0.1) is 0 Å². The Balaban J connectivity index is 2.18. The predicted octanol–water partition coefficient (Wildman–Crippen LogP) is 1.69. The molecule has 0 aliphatic carbocycles. The van der Waals surface area contributed by atoms with E-state index in [1.165, 1.54) is 6.26 Å².